The standard InChI is InChI=1S/C15H24N2OS/c1-4-13(11-19-3)17-15(18)14-8-6-5-7-12(14)9-10-16-2/h5-8,13,16H,4,9-11H2,1-3H3,(H,17,18). The molecular formula is C15H24N2OS. The van der Waals surface area contributed by atoms with Crippen molar-refractivity contribution in [2.75, 3.05) is 25.6 Å². The van der Waals surface area contributed by atoms with Crippen molar-refractivity contribution in [3.8, 4) is 0 Å². The fourth-order valence-corrected chi connectivity index (χ4v) is 2.67. The average Bonchev–Trinajstić information content (AvgIpc) is 2.44. The Bertz CT molecular complexity index is 395. The van der Waals surface area contributed by atoms with Crippen molar-refractivity contribution < 1.29 is 4.79 Å². The van der Waals surface area contributed by atoms with Gasteiger partial charge in [0, 0.05) is 17.4 Å². The van der Waals surface area contributed by atoms with Gasteiger partial charge in [-0.1, -0.05) is 25.1 Å². The summed E-state index contributed by atoms with van der Waals surface area (Å²) in [5, 5.41) is 6.24. The Kier molecular flexibility index (Phi) is 7.60. The van der Waals surface area contributed by atoms with E-state index in [0.717, 1.165) is 36.3 Å². The Labute approximate surface area is 120 Å². The number of hydrogen-bond donors (Lipinski definition) is 2. The van der Waals surface area contributed by atoms with Gasteiger partial charge < -0.3 is 10.6 Å². The molecule has 1 aromatic carbocycles. The van der Waals surface area contributed by atoms with Gasteiger partial charge in [-0.15, -0.1) is 0 Å². The topological polar surface area (TPSA) is 41.1 Å². The predicted octanol–water partition coefficient (Wildman–Crippen LogP) is 2.32. The molecule has 3 nitrogen and oxygen atoms in total. The molecule has 19 heavy (non-hydrogen) atoms. The van der Waals surface area contributed by atoms with Crippen LogP contribution in [0, 0.1) is 0 Å². The van der Waals surface area contributed by atoms with Crippen LogP contribution >= 0.6 is 11.8 Å². The summed E-state index contributed by atoms with van der Waals surface area (Å²) in [5.41, 5.74) is 1.91. The lowest BCUT2D eigenvalue weighted by atomic mass is 10.0. The Morgan fingerprint density at radius 3 is 2.74 bits per heavy atom. The molecule has 0 saturated heterocycles. The van der Waals surface area contributed by atoms with Crippen LogP contribution < -0.4 is 10.6 Å². The summed E-state index contributed by atoms with van der Waals surface area (Å²) in [4.78, 5) is 12.3. The van der Waals surface area contributed by atoms with Gasteiger partial charge in [0.25, 0.3) is 5.91 Å². The molecule has 1 rings (SSSR count). The highest BCUT2D eigenvalue weighted by Crippen LogP contribution is 2.11. The monoisotopic (exact) mass is 280 g/mol. The van der Waals surface area contributed by atoms with Crippen LogP contribution in [0.3, 0.4) is 0 Å². The van der Waals surface area contributed by atoms with E-state index in [4.69, 9.17) is 0 Å². The molecule has 0 aliphatic carbocycles. The molecule has 1 atom stereocenters. The van der Waals surface area contributed by atoms with E-state index in [1.54, 1.807) is 11.8 Å². The third kappa shape index (κ3) is 5.25. The summed E-state index contributed by atoms with van der Waals surface area (Å²) >= 11 is 1.76. The van der Waals surface area contributed by atoms with Crippen molar-refractivity contribution in [1.82, 2.24) is 10.6 Å². The number of nitrogens with one attached hydrogen (secondary N) is 2. The van der Waals surface area contributed by atoms with E-state index in [1.807, 2.05) is 31.3 Å². The van der Waals surface area contributed by atoms with E-state index in [-0.39, 0.29) is 11.9 Å². The van der Waals surface area contributed by atoms with Crippen LogP contribution in [0.2, 0.25) is 0 Å². The van der Waals surface area contributed by atoms with Crippen LogP contribution in [0.4, 0.5) is 0 Å². The molecule has 0 aliphatic heterocycles. The summed E-state index contributed by atoms with van der Waals surface area (Å²) in [6, 6.07) is 8.10. The van der Waals surface area contributed by atoms with Gasteiger partial charge in [0.1, 0.15) is 0 Å². The summed E-state index contributed by atoms with van der Waals surface area (Å²) < 4.78 is 0. The first-order valence-electron chi connectivity index (χ1n) is 6.75. The number of hydrogen-bond acceptors (Lipinski definition) is 3. The van der Waals surface area contributed by atoms with Gasteiger partial charge in [0.05, 0.1) is 0 Å². The normalized spacial score (nSPS) is 12.2. The Morgan fingerprint density at radius 2 is 2.11 bits per heavy atom. The molecular weight excluding hydrogens is 256 g/mol. The molecule has 2 N–H and O–H groups in total. The van der Waals surface area contributed by atoms with Crippen LogP contribution in [-0.4, -0.2) is 37.6 Å². The summed E-state index contributed by atoms with van der Waals surface area (Å²) in [5.74, 6) is 1.01. The summed E-state index contributed by atoms with van der Waals surface area (Å²) in [7, 11) is 1.92. The molecule has 0 bridgehead atoms. The second-order valence-electron chi connectivity index (χ2n) is 4.54. The largest absolute Gasteiger partial charge is 0.348 e. The first-order chi connectivity index (χ1) is 9.22. The predicted molar refractivity (Wildman–Crippen MR) is 84.0 cm³/mol. The highest BCUT2D eigenvalue weighted by atomic mass is 32.2. The lowest BCUT2D eigenvalue weighted by Gasteiger charge is -2.17. The minimum Gasteiger partial charge on any atom is -0.348 e. The van der Waals surface area contributed by atoms with Crippen LogP contribution in [-0.2, 0) is 6.42 Å². The van der Waals surface area contributed by atoms with Gasteiger partial charge >= 0.3 is 0 Å². The van der Waals surface area contributed by atoms with Crippen LogP contribution in [0.25, 0.3) is 0 Å². The van der Waals surface area contributed by atoms with Crippen molar-refractivity contribution in [3.05, 3.63) is 35.4 Å². The maximum Gasteiger partial charge on any atom is 0.251 e. The molecule has 0 aromatic heterocycles. The molecule has 0 fully saturated rings. The highest BCUT2D eigenvalue weighted by Gasteiger charge is 2.14. The fourth-order valence-electron chi connectivity index (χ4n) is 1.95. The number of rotatable bonds is 8. The number of thioether (sulfide) groups is 1. The van der Waals surface area contributed by atoms with E-state index in [2.05, 4.69) is 23.8 Å². The third-order valence-electron chi connectivity index (χ3n) is 3.10. The number of carbonyl (C=O) groups excluding carboxylic acids is 1. The molecule has 1 unspecified atom stereocenters. The Balaban J connectivity index is 2.75. The molecule has 0 saturated carbocycles. The van der Waals surface area contributed by atoms with Crippen molar-refractivity contribution in [1.29, 1.82) is 0 Å². The lowest BCUT2D eigenvalue weighted by Crippen LogP contribution is -2.36. The second-order valence-corrected chi connectivity index (χ2v) is 5.46. The van der Waals surface area contributed by atoms with Gasteiger partial charge in [0.15, 0.2) is 0 Å². The van der Waals surface area contributed by atoms with Crippen LogP contribution in [0.1, 0.15) is 29.3 Å². The minimum atomic E-state index is 0.0487. The second kappa shape index (κ2) is 8.99. The smallest absolute Gasteiger partial charge is 0.251 e. The molecule has 0 aliphatic rings. The molecule has 4 heteroatoms. The van der Waals surface area contributed by atoms with Gasteiger partial charge in [-0.3, -0.25) is 4.79 Å². The maximum absolute atomic E-state index is 12.3. The van der Waals surface area contributed by atoms with E-state index in [1.165, 1.54) is 0 Å². The molecule has 1 amide bonds. The minimum absolute atomic E-state index is 0.0487. The average molecular weight is 280 g/mol. The number of likely N-dealkylation sites (N-methyl/N-ethyl adjacent to an activating group) is 1. The van der Waals surface area contributed by atoms with E-state index >= 15 is 0 Å². The Hall–Kier alpha value is -1.00. The zero-order valence-electron chi connectivity index (χ0n) is 12.0. The molecule has 0 heterocycles. The molecule has 0 spiro atoms. The maximum atomic E-state index is 12.3. The zero-order chi connectivity index (χ0) is 14.1. The van der Waals surface area contributed by atoms with Crippen LogP contribution in [0.15, 0.2) is 24.3 Å². The number of amides is 1. The number of carbonyl (C=O) groups is 1. The first kappa shape index (κ1) is 16.1. The third-order valence-corrected chi connectivity index (χ3v) is 3.84. The highest BCUT2D eigenvalue weighted by molar-refractivity contribution is 7.98. The van der Waals surface area contributed by atoms with Crippen LogP contribution in [0.5, 0.6) is 0 Å². The van der Waals surface area contributed by atoms with E-state index in [9.17, 15) is 4.79 Å². The lowest BCUT2D eigenvalue weighted by molar-refractivity contribution is 0.0939. The number of benzene rings is 1. The quantitative estimate of drug-likeness (QED) is 0.768. The van der Waals surface area contributed by atoms with Gasteiger partial charge in [-0.2, -0.15) is 11.8 Å². The summed E-state index contributed by atoms with van der Waals surface area (Å²) in [6.07, 6.45) is 3.90. The van der Waals surface area contributed by atoms with Gasteiger partial charge in [-0.05, 0) is 44.3 Å². The summed E-state index contributed by atoms with van der Waals surface area (Å²) in [6.45, 7) is 2.99. The van der Waals surface area contributed by atoms with Crippen molar-refractivity contribution >= 4 is 17.7 Å². The van der Waals surface area contributed by atoms with E-state index in [0.29, 0.717) is 0 Å². The fraction of sp³-hybridized carbons (Fsp3) is 0.533. The SMILES string of the molecule is CCC(CSC)NC(=O)c1ccccc1CCNC. The van der Waals surface area contributed by atoms with Crippen molar-refractivity contribution in [3.63, 3.8) is 0 Å². The van der Waals surface area contributed by atoms with Gasteiger partial charge in [0.2, 0.25) is 0 Å². The first-order valence-corrected chi connectivity index (χ1v) is 8.14. The Morgan fingerprint density at radius 1 is 1.37 bits per heavy atom. The molecule has 0 radical (unpaired) electrons. The van der Waals surface area contributed by atoms with Crippen molar-refractivity contribution in [2.45, 2.75) is 25.8 Å². The van der Waals surface area contributed by atoms with Gasteiger partial charge in [-0.25, -0.2) is 0 Å². The van der Waals surface area contributed by atoms with E-state index < -0.39 is 0 Å². The zero-order valence-corrected chi connectivity index (χ0v) is 12.8. The molecule has 106 valence electrons. The van der Waals surface area contributed by atoms with Crippen molar-refractivity contribution in [2.24, 2.45) is 0 Å². The molecule has 1 aromatic rings.